The molecule has 1 atom stereocenters. The fraction of sp³-hybridized carbons (Fsp3) is 0.417. The third-order valence-corrected chi connectivity index (χ3v) is 3.87. The fourth-order valence-electron chi connectivity index (χ4n) is 1.44. The molecule has 0 aliphatic carbocycles. The number of nitrogens with two attached hydrogens (primary N) is 1. The molecule has 1 aromatic rings. The molecule has 1 aromatic carbocycles. The first-order valence-corrected chi connectivity index (χ1v) is 7.65. The summed E-state index contributed by atoms with van der Waals surface area (Å²) in [7, 11) is 0. The number of amides is 1. The maximum atomic E-state index is 12.0. The number of nitrogen functional groups attached to an aromatic ring is 1. The van der Waals surface area contributed by atoms with Gasteiger partial charge in [-0.1, -0.05) is 23.2 Å². The Morgan fingerprint density at radius 2 is 2.17 bits per heavy atom. The van der Waals surface area contributed by atoms with Gasteiger partial charge < -0.3 is 11.1 Å². The molecule has 18 heavy (non-hydrogen) atoms. The van der Waals surface area contributed by atoms with Crippen LogP contribution in [0.25, 0.3) is 0 Å². The summed E-state index contributed by atoms with van der Waals surface area (Å²) in [6.45, 7) is 1.95. The van der Waals surface area contributed by atoms with E-state index >= 15 is 0 Å². The topological polar surface area (TPSA) is 55.1 Å². The zero-order chi connectivity index (χ0) is 13.7. The van der Waals surface area contributed by atoms with Crippen molar-refractivity contribution >= 4 is 46.6 Å². The predicted octanol–water partition coefficient (Wildman–Crippen LogP) is 3.45. The van der Waals surface area contributed by atoms with E-state index in [9.17, 15) is 4.79 Å². The van der Waals surface area contributed by atoms with Gasteiger partial charge in [-0.15, -0.1) is 0 Å². The summed E-state index contributed by atoms with van der Waals surface area (Å²) in [6.07, 6.45) is 2.93. The average molecular weight is 307 g/mol. The van der Waals surface area contributed by atoms with E-state index < -0.39 is 0 Å². The molecular weight excluding hydrogens is 291 g/mol. The minimum atomic E-state index is -0.247. The Kier molecular flexibility index (Phi) is 6.12. The van der Waals surface area contributed by atoms with Crippen LogP contribution in [0, 0.1) is 0 Å². The predicted molar refractivity (Wildman–Crippen MR) is 80.8 cm³/mol. The lowest BCUT2D eigenvalue weighted by Crippen LogP contribution is -2.33. The maximum Gasteiger partial charge on any atom is 0.253 e. The lowest BCUT2D eigenvalue weighted by Gasteiger charge is -2.14. The van der Waals surface area contributed by atoms with Crippen LogP contribution < -0.4 is 11.1 Å². The molecule has 0 bridgehead atoms. The number of anilines is 1. The lowest BCUT2D eigenvalue weighted by molar-refractivity contribution is 0.0939. The number of benzene rings is 1. The Labute approximate surface area is 121 Å². The molecule has 3 N–H and O–H groups in total. The van der Waals surface area contributed by atoms with E-state index in [-0.39, 0.29) is 17.0 Å². The molecule has 6 heteroatoms. The zero-order valence-corrected chi connectivity index (χ0v) is 12.6. The van der Waals surface area contributed by atoms with Crippen molar-refractivity contribution in [3.63, 3.8) is 0 Å². The van der Waals surface area contributed by atoms with Crippen molar-refractivity contribution in [2.45, 2.75) is 19.4 Å². The molecule has 0 spiro atoms. The molecule has 1 rings (SSSR count). The molecule has 1 amide bonds. The van der Waals surface area contributed by atoms with Crippen LogP contribution in [0.5, 0.6) is 0 Å². The average Bonchev–Trinajstić information content (AvgIpc) is 2.30. The number of thioether (sulfide) groups is 1. The van der Waals surface area contributed by atoms with Gasteiger partial charge in [0.15, 0.2) is 0 Å². The third-order valence-electron chi connectivity index (χ3n) is 2.43. The first-order valence-electron chi connectivity index (χ1n) is 5.50. The van der Waals surface area contributed by atoms with Crippen LogP contribution in [-0.2, 0) is 0 Å². The van der Waals surface area contributed by atoms with Gasteiger partial charge in [0.2, 0.25) is 0 Å². The van der Waals surface area contributed by atoms with Gasteiger partial charge in [-0.3, -0.25) is 4.79 Å². The van der Waals surface area contributed by atoms with Crippen molar-refractivity contribution in [2.75, 3.05) is 17.7 Å². The second-order valence-corrected chi connectivity index (χ2v) is 5.79. The van der Waals surface area contributed by atoms with Crippen LogP contribution in [0.1, 0.15) is 23.7 Å². The number of carbonyl (C=O) groups excluding carboxylic acids is 1. The summed E-state index contributed by atoms with van der Waals surface area (Å²) in [5.41, 5.74) is 6.39. The number of hydrogen-bond donors (Lipinski definition) is 2. The Hall–Kier alpha value is -0.580. The van der Waals surface area contributed by atoms with Gasteiger partial charge in [-0.05, 0) is 37.5 Å². The fourth-order valence-corrected chi connectivity index (χ4v) is 2.46. The highest BCUT2D eigenvalue weighted by Crippen LogP contribution is 2.28. The number of hydrogen-bond acceptors (Lipinski definition) is 3. The molecule has 0 saturated heterocycles. The smallest absolute Gasteiger partial charge is 0.253 e. The van der Waals surface area contributed by atoms with Crippen molar-refractivity contribution in [1.29, 1.82) is 0 Å². The van der Waals surface area contributed by atoms with E-state index in [0.717, 1.165) is 12.2 Å². The minimum absolute atomic E-state index is 0.0845. The van der Waals surface area contributed by atoms with Gasteiger partial charge in [-0.2, -0.15) is 11.8 Å². The van der Waals surface area contributed by atoms with E-state index in [1.54, 1.807) is 11.8 Å². The van der Waals surface area contributed by atoms with Gasteiger partial charge in [0.1, 0.15) is 0 Å². The van der Waals surface area contributed by atoms with Gasteiger partial charge in [-0.25, -0.2) is 0 Å². The van der Waals surface area contributed by atoms with Gasteiger partial charge in [0.25, 0.3) is 5.91 Å². The van der Waals surface area contributed by atoms with Crippen LogP contribution in [0.3, 0.4) is 0 Å². The van der Waals surface area contributed by atoms with Crippen LogP contribution in [0.15, 0.2) is 12.1 Å². The van der Waals surface area contributed by atoms with Crippen LogP contribution >= 0.6 is 35.0 Å². The van der Waals surface area contributed by atoms with Gasteiger partial charge in [0, 0.05) is 11.7 Å². The SMILES string of the molecule is CSCCC(C)NC(=O)c1cc(N)cc(Cl)c1Cl. The second kappa shape index (κ2) is 7.12. The summed E-state index contributed by atoms with van der Waals surface area (Å²) in [6, 6.07) is 3.14. The molecule has 0 aliphatic rings. The third kappa shape index (κ3) is 4.26. The highest BCUT2D eigenvalue weighted by Gasteiger charge is 2.15. The van der Waals surface area contributed by atoms with E-state index in [0.29, 0.717) is 16.3 Å². The van der Waals surface area contributed by atoms with E-state index in [2.05, 4.69) is 5.32 Å². The summed E-state index contributed by atoms with van der Waals surface area (Å²) in [4.78, 5) is 12.0. The van der Waals surface area contributed by atoms with Gasteiger partial charge >= 0.3 is 0 Å². The molecule has 3 nitrogen and oxygen atoms in total. The molecule has 0 saturated carbocycles. The summed E-state index contributed by atoms with van der Waals surface area (Å²) in [5.74, 6) is 0.746. The molecule has 0 aliphatic heterocycles. The molecule has 0 radical (unpaired) electrons. The lowest BCUT2D eigenvalue weighted by atomic mass is 10.1. The summed E-state index contributed by atoms with van der Waals surface area (Å²) < 4.78 is 0. The highest BCUT2D eigenvalue weighted by atomic mass is 35.5. The standard InChI is InChI=1S/C12H16Cl2N2OS/c1-7(3-4-18-2)16-12(17)9-5-8(15)6-10(13)11(9)14/h5-7H,3-4,15H2,1-2H3,(H,16,17). The van der Waals surface area contributed by atoms with E-state index in [4.69, 9.17) is 28.9 Å². The molecule has 100 valence electrons. The maximum absolute atomic E-state index is 12.0. The first kappa shape index (κ1) is 15.5. The Morgan fingerprint density at radius 1 is 1.50 bits per heavy atom. The first-order chi connectivity index (χ1) is 8.45. The van der Waals surface area contributed by atoms with Crippen molar-refractivity contribution in [1.82, 2.24) is 5.32 Å². The second-order valence-electron chi connectivity index (χ2n) is 4.02. The van der Waals surface area contributed by atoms with Crippen LogP contribution in [0.2, 0.25) is 10.0 Å². The number of rotatable bonds is 5. The number of nitrogens with one attached hydrogen (secondary N) is 1. The van der Waals surface area contributed by atoms with Crippen LogP contribution in [-0.4, -0.2) is 24.0 Å². The summed E-state index contributed by atoms with van der Waals surface area (Å²) >= 11 is 13.6. The number of carbonyl (C=O) groups is 1. The normalized spacial score (nSPS) is 12.2. The summed E-state index contributed by atoms with van der Waals surface area (Å²) in [5, 5.41) is 3.40. The quantitative estimate of drug-likeness (QED) is 0.819. The van der Waals surface area contributed by atoms with Crippen molar-refractivity contribution in [3.8, 4) is 0 Å². The Balaban J connectivity index is 2.78. The van der Waals surface area contributed by atoms with E-state index in [1.807, 2.05) is 13.2 Å². The van der Waals surface area contributed by atoms with Crippen molar-refractivity contribution in [2.24, 2.45) is 0 Å². The largest absolute Gasteiger partial charge is 0.399 e. The van der Waals surface area contributed by atoms with Gasteiger partial charge in [0.05, 0.1) is 15.6 Å². The molecule has 0 heterocycles. The molecular formula is C12H16Cl2N2OS. The monoisotopic (exact) mass is 306 g/mol. The minimum Gasteiger partial charge on any atom is -0.399 e. The molecule has 0 fully saturated rings. The van der Waals surface area contributed by atoms with E-state index in [1.165, 1.54) is 12.1 Å². The Bertz CT molecular complexity index is 440. The molecule has 1 unspecified atom stereocenters. The molecule has 0 aromatic heterocycles. The van der Waals surface area contributed by atoms with Crippen molar-refractivity contribution in [3.05, 3.63) is 27.7 Å². The highest BCUT2D eigenvalue weighted by molar-refractivity contribution is 7.98. The zero-order valence-electron chi connectivity index (χ0n) is 10.3. The van der Waals surface area contributed by atoms with Crippen molar-refractivity contribution < 1.29 is 4.79 Å². The van der Waals surface area contributed by atoms with Crippen LogP contribution in [0.4, 0.5) is 5.69 Å². The number of halogens is 2. The Morgan fingerprint density at radius 3 is 2.78 bits per heavy atom.